The molecule has 0 saturated heterocycles. The van der Waals surface area contributed by atoms with Crippen LogP contribution < -0.4 is 4.74 Å². The maximum Gasteiger partial charge on any atom is 0.314 e. The van der Waals surface area contributed by atoms with Gasteiger partial charge in [-0.1, -0.05) is 45.2 Å². The fraction of sp³-hybridized carbons (Fsp3) is 0.632. The Balaban J connectivity index is 1.81. The molecular weight excluding hydrogens is 260 g/mol. The first kappa shape index (κ1) is 16.1. The lowest BCUT2D eigenvalue weighted by atomic mass is 9.80. The van der Waals surface area contributed by atoms with Crippen LogP contribution in [0.3, 0.4) is 0 Å². The quantitative estimate of drug-likeness (QED) is 0.534. The summed E-state index contributed by atoms with van der Waals surface area (Å²) < 4.78 is 5.54. The molecule has 1 aliphatic rings. The van der Waals surface area contributed by atoms with E-state index >= 15 is 0 Å². The number of carbonyl (C=O) groups is 1. The van der Waals surface area contributed by atoms with E-state index in [-0.39, 0.29) is 11.9 Å². The van der Waals surface area contributed by atoms with E-state index in [2.05, 4.69) is 26.0 Å². The lowest BCUT2D eigenvalue weighted by molar-refractivity contribution is -0.140. The summed E-state index contributed by atoms with van der Waals surface area (Å²) in [5.74, 6) is 1.59. The molecule has 1 aromatic carbocycles. The van der Waals surface area contributed by atoms with Crippen molar-refractivity contribution in [3.8, 4) is 5.75 Å². The highest BCUT2D eigenvalue weighted by Crippen LogP contribution is 2.32. The van der Waals surface area contributed by atoms with Crippen molar-refractivity contribution in [2.24, 2.45) is 11.8 Å². The number of ether oxygens (including phenoxy) is 1. The Morgan fingerprint density at radius 1 is 1.05 bits per heavy atom. The number of aryl methyl sites for hydroxylation is 1. The summed E-state index contributed by atoms with van der Waals surface area (Å²) in [5, 5.41) is 0. The third kappa shape index (κ3) is 4.87. The molecule has 0 unspecified atom stereocenters. The van der Waals surface area contributed by atoms with Gasteiger partial charge in [-0.2, -0.15) is 0 Å². The van der Waals surface area contributed by atoms with Crippen molar-refractivity contribution in [1.82, 2.24) is 0 Å². The largest absolute Gasteiger partial charge is 0.426 e. The average molecular weight is 288 g/mol. The van der Waals surface area contributed by atoms with E-state index in [0.717, 1.165) is 31.6 Å². The highest BCUT2D eigenvalue weighted by molar-refractivity contribution is 5.75. The minimum absolute atomic E-state index is 0.0341. The lowest BCUT2D eigenvalue weighted by Gasteiger charge is -2.26. The van der Waals surface area contributed by atoms with Gasteiger partial charge in [0.2, 0.25) is 0 Å². The summed E-state index contributed by atoms with van der Waals surface area (Å²) >= 11 is 0. The van der Waals surface area contributed by atoms with Crippen molar-refractivity contribution in [2.45, 2.75) is 65.2 Å². The Bertz CT molecular complexity index is 427. The molecular formula is C19H28O2. The fourth-order valence-electron chi connectivity index (χ4n) is 3.31. The van der Waals surface area contributed by atoms with Crippen LogP contribution in [0.4, 0.5) is 0 Å². The minimum atomic E-state index is -0.0341. The number of carbonyl (C=O) groups excluding carboxylic acids is 1. The monoisotopic (exact) mass is 288 g/mol. The molecule has 0 radical (unpaired) electrons. The third-order valence-electron chi connectivity index (χ3n) is 4.56. The van der Waals surface area contributed by atoms with E-state index in [1.54, 1.807) is 0 Å². The number of esters is 1. The van der Waals surface area contributed by atoms with Crippen LogP contribution in [0.2, 0.25) is 0 Å². The van der Waals surface area contributed by atoms with E-state index in [1.165, 1.54) is 31.2 Å². The van der Waals surface area contributed by atoms with Gasteiger partial charge in [0.15, 0.2) is 0 Å². The van der Waals surface area contributed by atoms with Crippen LogP contribution in [-0.4, -0.2) is 5.97 Å². The molecule has 2 heteroatoms. The normalized spacial score (nSPS) is 22.0. The van der Waals surface area contributed by atoms with E-state index in [4.69, 9.17) is 4.74 Å². The van der Waals surface area contributed by atoms with Gasteiger partial charge in [-0.25, -0.2) is 0 Å². The predicted molar refractivity (Wildman–Crippen MR) is 86.4 cm³/mol. The smallest absolute Gasteiger partial charge is 0.314 e. The maximum atomic E-state index is 12.2. The molecule has 21 heavy (non-hydrogen) atoms. The average Bonchev–Trinajstić information content (AvgIpc) is 2.50. The predicted octanol–water partition coefficient (Wildman–Crippen LogP) is 5.15. The van der Waals surface area contributed by atoms with E-state index in [0.29, 0.717) is 5.75 Å². The molecule has 0 heterocycles. The van der Waals surface area contributed by atoms with Gasteiger partial charge in [0.05, 0.1) is 5.92 Å². The molecule has 1 aliphatic carbocycles. The standard InChI is InChI=1S/C19H28O2/c1-3-5-15-7-11-17(12-8-15)19(20)21-18-13-9-16(6-4-2)10-14-18/h9-10,13-15,17H,3-8,11-12H2,1-2H3. The molecule has 1 aromatic rings. The first-order chi connectivity index (χ1) is 10.2. The lowest BCUT2D eigenvalue weighted by Crippen LogP contribution is -2.25. The second-order valence-corrected chi connectivity index (χ2v) is 6.32. The van der Waals surface area contributed by atoms with Gasteiger partial charge in [-0.15, -0.1) is 0 Å². The molecule has 1 fully saturated rings. The van der Waals surface area contributed by atoms with E-state index < -0.39 is 0 Å². The molecule has 2 rings (SSSR count). The zero-order valence-corrected chi connectivity index (χ0v) is 13.4. The van der Waals surface area contributed by atoms with Crippen molar-refractivity contribution in [2.75, 3.05) is 0 Å². The Morgan fingerprint density at radius 2 is 1.71 bits per heavy atom. The summed E-state index contributed by atoms with van der Waals surface area (Å²) in [7, 11) is 0. The van der Waals surface area contributed by atoms with Crippen molar-refractivity contribution < 1.29 is 9.53 Å². The van der Waals surface area contributed by atoms with Crippen LogP contribution in [-0.2, 0) is 11.2 Å². The molecule has 0 atom stereocenters. The van der Waals surface area contributed by atoms with Gasteiger partial charge in [0.25, 0.3) is 0 Å². The topological polar surface area (TPSA) is 26.3 Å². The molecule has 0 aliphatic heterocycles. The van der Waals surface area contributed by atoms with Gasteiger partial charge in [-0.05, 0) is 55.7 Å². The summed E-state index contributed by atoms with van der Waals surface area (Å²) in [6.07, 6.45) is 9.14. The molecule has 1 saturated carbocycles. The van der Waals surface area contributed by atoms with E-state index in [1.807, 2.05) is 12.1 Å². The Kier molecular flexibility index (Phi) is 6.28. The number of benzene rings is 1. The molecule has 0 N–H and O–H groups in total. The van der Waals surface area contributed by atoms with Crippen LogP contribution in [0, 0.1) is 11.8 Å². The summed E-state index contributed by atoms with van der Waals surface area (Å²) in [5.41, 5.74) is 1.30. The summed E-state index contributed by atoms with van der Waals surface area (Å²) in [6.45, 7) is 4.41. The van der Waals surface area contributed by atoms with Gasteiger partial charge in [-0.3, -0.25) is 4.79 Å². The fourth-order valence-corrected chi connectivity index (χ4v) is 3.31. The summed E-state index contributed by atoms with van der Waals surface area (Å²) in [4.78, 5) is 12.2. The van der Waals surface area contributed by atoms with Crippen LogP contribution in [0.1, 0.15) is 64.4 Å². The molecule has 0 spiro atoms. The van der Waals surface area contributed by atoms with Crippen LogP contribution in [0.25, 0.3) is 0 Å². The van der Waals surface area contributed by atoms with E-state index in [9.17, 15) is 4.79 Å². The summed E-state index contributed by atoms with van der Waals surface area (Å²) in [6, 6.07) is 7.96. The second kappa shape index (κ2) is 8.21. The Labute approximate surface area is 128 Å². The molecule has 0 amide bonds. The Hall–Kier alpha value is -1.31. The van der Waals surface area contributed by atoms with Crippen molar-refractivity contribution in [3.05, 3.63) is 29.8 Å². The first-order valence-corrected chi connectivity index (χ1v) is 8.53. The van der Waals surface area contributed by atoms with Crippen molar-refractivity contribution in [1.29, 1.82) is 0 Å². The van der Waals surface area contributed by atoms with Crippen LogP contribution in [0.5, 0.6) is 5.75 Å². The van der Waals surface area contributed by atoms with Gasteiger partial charge < -0.3 is 4.74 Å². The molecule has 0 aromatic heterocycles. The zero-order valence-electron chi connectivity index (χ0n) is 13.4. The van der Waals surface area contributed by atoms with Gasteiger partial charge in [0, 0.05) is 0 Å². The second-order valence-electron chi connectivity index (χ2n) is 6.32. The number of rotatable bonds is 6. The highest BCUT2D eigenvalue weighted by atomic mass is 16.5. The van der Waals surface area contributed by atoms with Gasteiger partial charge in [0.1, 0.15) is 5.75 Å². The SMILES string of the molecule is CCCc1ccc(OC(=O)C2CCC(CCC)CC2)cc1. The van der Waals surface area contributed by atoms with Crippen molar-refractivity contribution in [3.63, 3.8) is 0 Å². The minimum Gasteiger partial charge on any atom is -0.426 e. The molecule has 116 valence electrons. The highest BCUT2D eigenvalue weighted by Gasteiger charge is 2.27. The molecule has 2 nitrogen and oxygen atoms in total. The number of hydrogen-bond acceptors (Lipinski definition) is 2. The maximum absolute atomic E-state index is 12.2. The Morgan fingerprint density at radius 3 is 2.29 bits per heavy atom. The molecule has 0 bridgehead atoms. The van der Waals surface area contributed by atoms with Crippen LogP contribution >= 0.6 is 0 Å². The van der Waals surface area contributed by atoms with Gasteiger partial charge >= 0.3 is 5.97 Å². The zero-order chi connectivity index (χ0) is 15.1. The third-order valence-corrected chi connectivity index (χ3v) is 4.56. The van der Waals surface area contributed by atoms with Crippen molar-refractivity contribution >= 4 is 5.97 Å². The van der Waals surface area contributed by atoms with Crippen LogP contribution in [0.15, 0.2) is 24.3 Å². The number of hydrogen-bond donors (Lipinski definition) is 0. The first-order valence-electron chi connectivity index (χ1n) is 8.53.